The Morgan fingerprint density at radius 3 is 2.41 bits per heavy atom. The molecule has 0 fully saturated rings. The van der Waals surface area contributed by atoms with Crippen molar-refractivity contribution in [2.45, 2.75) is 26.3 Å². The van der Waals surface area contributed by atoms with Crippen LogP contribution >= 0.6 is 22.6 Å². The molecule has 10 nitrogen and oxygen atoms in total. The fourth-order valence-electron chi connectivity index (χ4n) is 2.57. The minimum Gasteiger partial charge on any atom is -0.497 e. The number of nitrogens with one attached hydrogen (secondary N) is 3. The standard InChI is InChI=1S/C23H27IN4O6/c1-5-14(2)26-22(30)23(31)28-25-12-15-10-18(24)21(19(11-15)33-4)34-13-20(29)27-16-6-8-17(32-3)9-7-16/h6-12,14H,5,13H2,1-4H3,(H,26,30)(H,27,29)(H,28,31)/b25-12-/t14-/m0/s1. The lowest BCUT2D eigenvalue weighted by atomic mass is 10.2. The zero-order chi connectivity index (χ0) is 25.1. The van der Waals surface area contributed by atoms with Crippen molar-refractivity contribution in [2.24, 2.45) is 5.10 Å². The summed E-state index contributed by atoms with van der Waals surface area (Å²) in [4.78, 5) is 35.8. The summed E-state index contributed by atoms with van der Waals surface area (Å²) >= 11 is 2.04. The molecule has 3 amide bonds. The molecule has 0 spiro atoms. The largest absolute Gasteiger partial charge is 0.497 e. The van der Waals surface area contributed by atoms with Crippen LogP contribution < -0.4 is 30.3 Å². The number of hydrogen-bond donors (Lipinski definition) is 3. The van der Waals surface area contributed by atoms with Gasteiger partial charge >= 0.3 is 11.8 Å². The number of amides is 3. The Bertz CT molecular complexity index is 1040. The Morgan fingerprint density at radius 1 is 1.09 bits per heavy atom. The van der Waals surface area contributed by atoms with Crippen LogP contribution in [-0.4, -0.2) is 50.8 Å². The molecule has 0 aliphatic heterocycles. The van der Waals surface area contributed by atoms with Crippen LogP contribution in [0, 0.1) is 3.57 Å². The molecule has 0 aromatic heterocycles. The normalized spacial score (nSPS) is 11.4. The van der Waals surface area contributed by atoms with Gasteiger partial charge in [-0.3, -0.25) is 14.4 Å². The molecule has 0 aliphatic carbocycles. The summed E-state index contributed by atoms with van der Waals surface area (Å²) in [6, 6.07) is 10.2. The number of halogens is 1. The average molecular weight is 582 g/mol. The fraction of sp³-hybridized carbons (Fsp3) is 0.304. The van der Waals surface area contributed by atoms with Crippen LogP contribution in [0.3, 0.4) is 0 Å². The number of methoxy groups -OCH3 is 2. The zero-order valence-electron chi connectivity index (χ0n) is 19.3. The molecule has 0 radical (unpaired) electrons. The van der Waals surface area contributed by atoms with E-state index >= 15 is 0 Å². The van der Waals surface area contributed by atoms with E-state index in [1.165, 1.54) is 13.3 Å². The van der Waals surface area contributed by atoms with Gasteiger partial charge in [0, 0.05) is 11.7 Å². The number of carbonyl (C=O) groups is 3. The van der Waals surface area contributed by atoms with Gasteiger partial charge in [0.25, 0.3) is 5.91 Å². The summed E-state index contributed by atoms with van der Waals surface area (Å²) in [6.07, 6.45) is 2.08. The van der Waals surface area contributed by atoms with Crippen LogP contribution in [0.1, 0.15) is 25.8 Å². The van der Waals surface area contributed by atoms with Crippen molar-refractivity contribution >= 4 is 52.2 Å². The van der Waals surface area contributed by atoms with Crippen molar-refractivity contribution in [1.82, 2.24) is 10.7 Å². The summed E-state index contributed by atoms with van der Waals surface area (Å²) in [5.74, 6) is -0.497. The number of benzene rings is 2. The van der Waals surface area contributed by atoms with E-state index in [1.54, 1.807) is 50.4 Å². The third kappa shape index (κ3) is 8.21. The molecule has 0 heterocycles. The van der Waals surface area contributed by atoms with Crippen LogP contribution in [0.15, 0.2) is 41.5 Å². The highest BCUT2D eigenvalue weighted by atomic mass is 127. The number of carbonyl (C=O) groups excluding carboxylic acids is 3. The molecule has 182 valence electrons. The number of ether oxygens (including phenoxy) is 3. The Labute approximate surface area is 211 Å². The van der Waals surface area contributed by atoms with E-state index in [0.717, 1.165) is 0 Å². The molecule has 34 heavy (non-hydrogen) atoms. The molecule has 0 saturated carbocycles. The van der Waals surface area contributed by atoms with Crippen LogP contribution in [0.2, 0.25) is 0 Å². The lowest BCUT2D eigenvalue weighted by Gasteiger charge is -2.13. The summed E-state index contributed by atoms with van der Waals surface area (Å²) in [7, 11) is 3.04. The van der Waals surface area contributed by atoms with E-state index in [4.69, 9.17) is 14.2 Å². The maximum Gasteiger partial charge on any atom is 0.329 e. The van der Waals surface area contributed by atoms with Crippen molar-refractivity contribution in [3.8, 4) is 17.2 Å². The monoisotopic (exact) mass is 582 g/mol. The highest BCUT2D eigenvalue weighted by Crippen LogP contribution is 2.33. The van der Waals surface area contributed by atoms with Gasteiger partial charge in [-0.1, -0.05) is 6.92 Å². The summed E-state index contributed by atoms with van der Waals surface area (Å²) in [6.45, 7) is 3.47. The van der Waals surface area contributed by atoms with Crippen LogP contribution in [0.5, 0.6) is 17.2 Å². The van der Waals surface area contributed by atoms with Gasteiger partial charge in [0.2, 0.25) is 0 Å². The van der Waals surface area contributed by atoms with Crippen molar-refractivity contribution in [3.05, 3.63) is 45.5 Å². The van der Waals surface area contributed by atoms with Gasteiger partial charge in [-0.05, 0) is 77.9 Å². The highest BCUT2D eigenvalue weighted by Gasteiger charge is 2.15. The Hall–Kier alpha value is -3.35. The third-order valence-electron chi connectivity index (χ3n) is 4.55. The molecule has 11 heteroatoms. The van der Waals surface area contributed by atoms with E-state index in [2.05, 4.69) is 21.2 Å². The van der Waals surface area contributed by atoms with Crippen molar-refractivity contribution in [1.29, 1.82) is 0 Å². The minimum atomic E-state index is -0.860. The van der Waals surface area contributed by atoms with Gasteiger partial charge in [0.1, 0.15) is 5.75 Å². The van der Waals surface area contributed by atoms with E-state index in [0.29, 0.717) is 38.5 Å². The van der Waals surface area contributed by atoms with Crippen molar-refractivity contribution in [2.75, 3.05) is 26.1 Å². The number of hydrazone groups is 1. The lowest BCUT2D eigenvalue weighted by Crippen LogP contribution is -2.41. The van der Waals surface area contributed by atoms with E-state index in [9.17, 15) is 14.4 Å². The molecule has 0 aliphatic rings. The molecule has 2 aromatic rings. The smallest absolute Gasteiger partial charge is 0.329 e. The predicted octanol–water partition coefficient (Wildman–Crippen LogP) is 2.69. The maximum absolute atomic E-state index is 12.3. The van der Waals surface area contributed by atoms with E-state index in [1.807, 2.05) is 29.5 Å². The van der Waals surface area contributed by atoms with E-state index < -0.39 is 11.8 Å². The first kappa shape index (κ1) is 26.9. The van der Waals surface area contributed by atoms with Gasteiger partial charge in [0.05, 0.1) is 24.0 Å². The average Bonchev–Trinajstić information content (AvgIpc) is 2.83. The molecular formula is C23H27IN4O6. The molecule has 0 unspecified atom stereocenters. The second-order valence-corrected chi connectivity index (χ2v) is 8.24. The van der Waals surface area contributed by atoms with Crippen LogP contribution in [-0.2, 0) is 14.4 Å². The minimum absolute atomic E-state index is 0.112. The van der Waals surface area contributed by atoms with Gasteiger partial charge in [0.15, 0.2) is 18.1 Å². The molecule has 1 atom stereocenters. The van der Waals surface area contributed by atoms with Gasteiger partial charge in [-0.25, -0.2) is 5.43 Å². The van der Waals surface area contributed by atoms with Gasteiger partial charge in [-0.15, -0.1) is 0 Å². The fourth-order valence-corrected chi connectivity index (χ4v) is 3.35. The summed E-state index contributed by atoms with van der Waals surface area (Å²) in [5.41, 5.74) is 3.40. The SMILES string of the molecule is CC[C@H](C)NC(=O)C(=O)N/N=C\c1cc(I)c(OCC(=O)Nc2ccc(OC)cc2)c(OC)c1. The third-order valence-corrected chi connectivity index (χ3v) is 5.35. The zero-order valence-corrected chi connectivity index (χ0v) is 21.5. The molecule has 2 aromatic carbocycles. The number of anilines is 1. The molecule has 3 N–H and O–H groups in total. The first-order valence-corrected chi connectivity index (χ1v) is 11.4. The number of hydrogen-bond acceptors (Lipinski definition) is 7. The van der Waals surface area contributed by atoms with Crippen LogP contribution in [0.4, 0.5) is 5.69 Å². The lowest BCUT2D eigenvalue weighted by molar-refractivity contribution is -0.139. The van der Waals surface area contributed by atoms with Gasteiger partial charge < -0.3 is 24.8 Å². The first-order chi connectivity index (χ1) is 16.3. The second kappa shape index (κ2) is 13.4. The molecule has 0 bridgehead atoms. The maximum atomic E-state index is 12.3. The molecule has 0 saturated heterocycles. The Kier molecular flexibility index (Phi) is 10.6. The Morgan fingerprint density at radius 2 is 1.79 bits per heavy atom. The number of rotatable bonds is 10. The van der Waals surface area contributed by atoms with Crippen LogP contribution in [0.25, 0.3) is 0 Å². The first-order valence-electron chi connectivity index (χ1n) is 10.4. The summed E-state index contributed by atoms with van der Waals surface area (Å²) < 4.78 is 16.8. The van der Waals surface area contributed by atoms with Crippen molar-refractivity contribution < 1.29 is 28.6 Å². The quantitative estimate of drug-likeness (QED) is 0.171. The summed E-state index contributed by atoms with van der Waals surface area (Å²) in [5, 5.41) is 9.11. The number of nitrogens with zero attached hydrogens (tertiary/aromatic N) is 1. The molecule has 2 rings (SSSR count). The molecular weight excluding hydrogens is 555 g/mol. The second-order valence-electron chi connectivity index (χ2n) is 7.08. The topological polar surface area (TPSA) is 127 Å². The Balaban J connectivity index is 1.97. The highest BCUT2D eigenvalue weighted by molar-refractivity contribution is 14.1. The van der Waals surface area contributed by atoms with Crippen molar-refractivity contribution in [3.63, 3.8) is 0 Å². The van der Waals surface area contributed by atoms with E-state index in [-0.39, 0.29) is 18.6 Å². The van der Waals surface area contributed by atoms with Gasteiger partial charge in [-0.2, -0.15) is 5.10 Å². The predicted molar refractivity (Wildman–Crippen MR) is 136 cm³/mol.